The van der Waals surface area contributed by atoms with Crippen molar-refractivity contribution in [1.82, 2.24) is 0 Å². The number of hydrogen-bond donors (Lipinski definition) is 0. The molecule has 3 rings (SSSR count). The number of benzene rings is 1. The van der Waals surface area contributed by atoms with Gasteiger partial charge in [-0.1, -0.05) is 15.9 Å². The Kier molecular flexibility index (Phi) is 5.55. The fraction of sp³-hybridized carbons (Fsp3) is 0.429. The van der Waals surface area contributed by atoms with E-state index in [9.17, 15) is 14.0 Å². The lowest BCUT2D eigenvalue weighted by atomic mass is 10.3. The molecular weight excluding hydrogens is 347 g/mol. The van der Waals surface area contributed by atoms with Gasteiger partial charge in [0.1, 0.15) is 16.4 Å². The zero-order valence-electron chi connectivity index (χ0n) is 11.1. The van der Waals surface area contributed by atoms with E-state index >= 15 is 0 Å². The number of carbonyl (C=O) groups excluding carboxylic acids is 2. The van der Waals surface area contributed by atoms with Crippen molar-refractivity contribution >= 4 is 27.9 Å². The van der Waals surface area contributed by atoms with E-state index in [1.807, 2.05) is 0 Å². The second kappa shape index (κ2) is 7.40. The molecule has 0 bridgehead atoms. The minimum atomic E-state index is -0.541. The SMILES string of the molecule is O=C1OCCC1Br.O=C1OCCC1Oc1ccc(F)cc1. The number of hydrogen-bond acceptors (Lipinski definition) is 5. The van der Waals surface area contributed by atoms with Crippen molar-refractivity contribution in [3.63, 3.8) is 0 Å². The molecule has 2 aliphatic rings. The summed E-state index contributed by atoms with van der Waals surface area (Å²) in [4.78, 5) is 21.3. The standard InChI is InChI=1S/C10H9FO3.C4H5BrO2/c11-7-1-3-8(4-2-7)14-9-5-6-13-10(9)12;5-3-1-2-7-4(3)6/h1-4,9H,5-6H2;3H,1-2H2. The highest BCUT2D eigenvalue weighted by atomic mass is 79.9. The van der Waals surface area contributed by atoms with Crippen LogP contribution in [0.25, 0.3) is 0 Å². The molecule has 0 N–H and O–H groups in total. The number of esters is 2. The molecular formula is C14H14BrFO5. The molecule has 21 heavy (non-hydrogen) atoms. The molecule has 0 aliphatic carbocycles. The predicted octanol–water partition coefficient (Wildman–Crippen LogP) is 2.22. The van der Waals surface area contributed by atoms with Gasteiger partial charge < -0.3 is 14.2 Å². The third-order valence-corrected chi connectivity index (χ3v) is 3.68. The molecule has 5 nitrogen and oxygen atoms in total. The molecule has 114 valence electrons. The van der Waals surface area contributed by atoms with Crippen molar-refractivity contribution in [2.75, 3.05) is 13.2 Å². The Bertz CT molecular complexity index is 505. The molecule has 2 fully saturated rings. The van der Waals surface area contributed by atoms with Gasteiger partial charge in [0.25, 0.3) is 0 Å². The maximum Gasteiger partial charge on any atom is 0.347 e. The molecule has 2 atom stereocenters. The van der Waals surface area contributed by atoms with Crippen molar-refractivity contribution in [3.05, 3.63) is 30.1 Å². The molecule has 0 radical (unpaired) electrons. The molecule has 7 heteroatoms. The lowest BCUT2D eigenvalue weighted by Gasteiger charge is -2.09. The predicted molar refractivity (Wildman–Crippen MR) is 74.7 cm³/mol. The summed E-state index contributed by atoms with van der Waals surface area (Å²) in [5, 5.41) is 0. The summed E-state index contributed by atoms with van der Waals surface area (Å²) in [5.74, 6) is -0.323. The lowest BCUT2D eigenvalue weighted by molar-refractivity contribution is -0.143. The van der Waals surface area contributed by atoms with Gasteiger partial charge >= 0.3 is 11.9 Å². The zero-order chi connectivity index (χ0) is 15.2. The van der Waals surface area contributed by atoms with Crippen LogP contribution in [-0.4, -0.2) is 36.1 Å². The Hall–Kier alpha value is -1.63. The maximum atomic E-state index is 12.5. The van der Waals surface area contributed by atoms with Crippen LogP contribution in [0.5, 0.6) is 5.75 Å². The molecule has 0 spiro atoms. The van der Waals surface area contributed by atoms with E-state index in [-0.39, 0.29) is 22.6 Å². The maximum absolute atomic E-state index is 12.5. The van der Waals surface area contributed by atoms with Crippen LogP contribution in [-0.2, 0) is 19.1 Å². The van der Waals surface area contributed by atoms with Crippen molar-refractivity contribution in [2.24, 2.45) is 0 Å². The van der Waals surface area contributed by atoms with E-state index in [4.69, 9.17) is 9.47 Å². The van der Waals surface area contributed by atoms with E-state index in [0.29, 0.717) is 25.4 Å². The van der Waals surface area contributed by atoms with Gasteiger partial charge in [0.05, 0.1) is 13.2 Å². The second-order valence-corrected chi connectivity index (χ2v) is 5.55. The first kappa shape index (κ1) is 15.8. The third-order valence-electron chi connectivity index (χ3n) is 2.85. The monoisotopic (exact) mass is 360 g/mol. The van der Waals surface area contributed by atoms with Crippen LogP contribution in [0.2, 0.25) is 0 Å². The Morgan fingerprint density at radius 1 is 1.05 bits per heavy atom. The molecule has 2 heterocycles. The average molecular weight is 361 g/mol. The van der Waals surface area contributed by atoms with Gasteiger partial charge in [-0.2, -0.15) is 0 Å². The third kappa shape index (κ3) is 4.70. The fourth-order valence-corrected chi connectivity index (χ4v) is 2.05. The van der Waals surface area contributed by atoms with Gasteiger partial charge in [0, 0.05) is 12.8 Å². The first-order valence-corrected chi connectivity index (χ1v) is 7.37. The molecule has 1 aromatic carbocycles. The van der Waals surface area contributed by atoms with Gasteiger partial charge in [0.15, 0.2) is 6.10 Å². The Balaban J connectivity index is 0.000000194. The van der Waals surface area contributed by atoms with Crippen LogP contribution < -0.4 is 4.74 Å². The molecule has 2 saturated heterocycles. The summed E-state index contributed by atoms with van der Waals surface area (Å²) in [6.07, 6.45) is 0.829. The van der Waals surface area contributed by atoms with Crippen LogP contribution in [0.4, 0.5) is 4.39 Å². The molecule has 0 aromatic heterocycles. The van der Waals surface area contributed by atoms with E-state index in [0.717, 1.165) is 6.42 Å². The Morgan fingerprint density at radius 2 is 1.67 bits per heavy atom. The summed E-state index contributed by atoms with van der Waals surface area (Å²) in [6.45, 7) is 0.972. The molecule has 0 saturated carbocycles. The number of cyclic esters (lactones) is 2. The average Bonchev–Trinajstić information content (AvgIpc) is 3.03. The molecule has 2 aliphatic heterocycles. The van der Waals surface area contributed by atoms with Gasteiger partial charge in [-0.25, -0.2) is 9.18 Å². The summed E-state index contributed by atoms with van der Waals surface area (Å²) in [7, 11) is 0. The largest absolute Gasteiger partial charge is 0.479 e. The van der Waals surface area contributed by atoms with E-state index in [1.54, 1.807) is 0 Å². The highest BCUT2D eigenvalue weighted by Crippen LogP contribution is 2.17. The summed E-state index contributed by atoms with van der Waals surface area (Å²) in [6, 6.07) is 5.55. The highest BCUT2D eigenvalue weighted by Gasteiger charge is 2.28. The van der Waals surface area contributed by atoms with Crippen molar-refractivity contribution in [1.29, 1.82) is 0 Å². The van der Waals surface area contributed by atoms with Crippen molar-refractivity contribution < 1.29 is 28.2 Å². The van der Waals surface area contributed by atoms with Gasteiger partial charge in [0.2, 0.25) is 0 Å². The Morgan fingerprint density at radius 3 is 2.10 bits per heavy atom. The fourth-order valence-electron chi connectivity index (χ4n) is 1.73. The first-order valence-electron chi connectivity index (χ1n) is 6.46. The van der Waals surface area contributed by atoms with Crippen LogP contribution >= 0.6 is 15.9 Å². The number of halogens is 2. The number of carbonyl (C=O) groups is 2. The van der Waals surface area contributed by atoms with Crippen molar-refractivity contribution in [3.8, 4) is 5.75 Å². The number of rotatable bonds is 2. The topological polar surface area (TPSA) is 61.8 Å². The van der Waals surface area contributed by atoms with E-state index < -0.39 is 6.10 Å². The van der Waals surface area contributed by atoms with Crippen LogP contribution in [0.3, 0.4) is 0 Å². The summed E-state index contributed by atoms with van der Waals surface area (Å²) >= 11 is 3.13. The molecule has 2 unspecified atom stereocenters. The quantitative estimate of drug-likeness (QED) is 0.597. The second-order valence-electron chi connectivity index (χ2n) is 4.44. The summed E-state index contributed by atoms with van der Waals surface area (Å²) in [5.41, 5.74) is 0. The lowest BCUT2D eigenvalue weighted by Crippen LogP contribution is -2.21. The van der Waals surface area contributed by atoms with Gasteiger partial charge in [-0.3, -0.25) is 4.79 Å². The highest BCUT2D eigenvalue weighted by molar-refractivity contribution is 9.10. The Labute approximate surface area is 129 Å². The minimum Gasteiger partial charge on any atom is -0.479 e. The number of alkyl halides is 1. The van der Waals surface area contributed by atoms with Crippen LogP contribution in [0.1, 0.15) is 12.8 Å². The number of ether oxygens (including phenoxy) is 3. The molecule has 0 amide bonds. The van der Waals surface area contributed by atoms with Crippen LogP contribution in [0, 0.1) is 5.82 Å². The molecule has 1 aromatic rings. The van der Waals surface area contributed by atoms with Gasteiger partial charge in [-0.05, 0) is 24.3 Å². The van der Waals surface area contributed by atoms with E-state index in [1.165, 1.54) is 24.3 Å². The summed E-state index contributed by atoms with van der Waals surface area (Å²) < 4.78 is 27.1. The van der Waals surface area contributed by atoms with Gasteiger partial charge in [-0.15, -0.1) is 0 Å². The minimum absolute atomic E-state index is 0.0347. The normalized spacial score (nSPS) is 23.9. The van der Waals surface area contributed by atoms with Crippen molar-refractivity contribution in [2.45, 2.75) is 23.8 Å². The van der Waals surface area contributed by atoms with Crippen LogP contribution in [0.15, 0.2) is 24.3 Å². The smallest absolute Gasteiger partial charge is 0.347 e. The van der Waals surface area contributed by atoms with E-state index in [2.05, 4.69) is 20.7 Å². The first-order chi connectivity index (χ1) is 10.1. The zero-order valence-corrected chi connectivity index (χ0v) is 12.7.